The molecule has 0 radical (unpaired) electrons. The number of carbonyl (C=O) groups is 2. The van der Waals surface area contributed by atoms with E-state index in [2.05, 4.69) is 5.32 Å². The topological polar surface area (TPSA) is 93.4 Å². The molecule has 1 aromatic rings. The maximum absolute atomic E-state index is 13.2. The number of carboxylic acid groups (broad SMARTS) is 1. The standard InChI is InChI=1S/C13H12FN3O3/c14-11-4-1-9(5-8(11)6-15)16-13(20)17(7-12(18)19)10-2-3-10/h1,4-5,10H,2-3,7H2,(H,16,20)(H,18,19). The highest BCUT2D eigenvalue weighted by Gasteiger charge is 2.33. The van der Waals surface area contributed by atoms with Crippen LogP contribution < -0.4 is 5.32 Å². The van der Waals surface area contributed by atoms with Crippen LogP contribution >= 0.6 is 0 Å². The van der Waals surface area contributed by atoms with E-state index in [9.17, 15) is 14.0 Å². The van der Waals surface area contributed by atoms with Crippen molar-refractivity contribution in [1.82, 2.24) is 4.90 Å². The van der Waals surface area contributed by atoms with Crippen molar-refractivity contribution in [2.45, 2.75) is 18.9 Å². The maximum Gasteiger partial charge on any atom is 0.323 e. The van der Waals surface area contributed by atoms with Gasteiger partial charge in [-0.15, -0.1) is 0 Å². The summed E-state index contributed by atoms with van der Waals surface area (Å²) in [5.41, 5.74) is 0.0722. The molecule has 20 heavy (non-hydrogen) atoms. The lowest BCUT2D eigenvalue weighted by Gasteiger charge is -2.20. The monoisotopic (exact) mass is 277 g/mol. The van der Waals surface area contributed by atoms with Gasteiger partial charge in [0, 0.05) is 11.7 Å². The number of urea groups is 1. The normalized spacial score (nSPS) is 13.4. The summed E-state index contributed by atoms with van der Waals surface area (Å²) < 4.78 is 13.2. The number of rotatable bonds is 4. The first-order chi connectivity index (χ1) is 9.51. The van der Waals surface area contributed by atoms with Crippen LogP contribution in [0.3, 0.4) is 0 Å². The van der Waals surface area contributed by atoms with Crippen LogP contribution in [0.2, 0.25) is 0 Å². The maximum atomic E-state index is 13.2. The number of nitriles is 1. The summed E-state index contributed by atoms with van der Waals surface area (Å²) in [7, 11) is 0. The zero-order valence-corrected chi connectivity index (χ0v) is 10.5. The third kappa shape index (κ3) is 3.23. The summed E-state index contributed by atoms with van der Waals surface area (Å²) in [5, 5.41) is 20.0. The first-order valence-electron chi connectivity index (χ1n) is 6.00. The van der Waals surface area contributed by atoms with Gasteiger partial charge in [0.05, 0.1) is 5.56 Å². The van der Waals surface area contributed by atoms with Crippen LogP contribution in [0.25, 0.3) is 0 Å². The predicted octanol–water partition coefficient (Wildman–Crippen LogP) is 1.78. The second-order valence-electron chi connectivity index (χ2n) is 4.49. The number of carbonyl (C=O) groups excluding carboxylic acids is 1. The highest BCUT2D eigenvalue weighted by Crippen LogP contribution is 2.27. The Kier molecular flexibility index (Phi) is 3.84. The smallest absolute Gasteiger partial charge is 0.323 e. The van der Waals surface area contributed by atoms with Gasteiger partial charge in [0.1, 0.15) is 18.4 Å². The summed E-state index contributed by atoms with van der Waals surface area (Å²) in [6, 6.07) is 4.64. The van der Waals surface area contributed by atoms with Crippen LogP contribution in [0.1, 0.15) is 18.4 Å². The van der Waals surface area contributed by atoms with Crippen molar-refractivity contribution in [2.75, 3.05) is 11.9 Å². The van der Waals surface area contributed by atoms with Gasteiger partial charge < -0.3 is 15.3 Å². The molecular weight excluding hydrogens is 265 g/mol. The molecular formula is C13H12FN3O3. The van der Waals surface area contributed by atoms with Crippen LogP contribution in [0.4, 0.5) is 14.9 Å². The molecule has 0 spiro atoms. The van der Waals surface area contributed by atoms with Gasteiger partial charge in [0.15, 0.2) is 0 Å². The number of hydrogen-bond acceptors (Lipinski definition) is 3. The Morgan fingerprint density at radius 1 is 1.50 bits per heavy atom. The molecule has 1 aliphatic carbocycles. The Hall–Kier alpha value is -2.62. The van der Waals surface area contributed by atoms with Gasteiger partial charge in [-0.2, -0.15) is 5.26 Å². The zero-order chi connectivity index (χ0) is 14.7. The minimum Gasteiger partial charge on any atom is -0.480 e. The Bertz CT molecular complexity index is 593. The number of hydrogen-bond donors (Lipinski definition) is 2. The molecule has 7 heteroatoms. The second-order valence-corrected chi connectivity index (χ2v) is 4.49. The molecule has 0 saturated heterocycles. The number of nitrogens with one attached hydrogen (secondary N) is 1. The van der Waals surface area contributed by atoms with Gasteiger partial charge in [0.2, 0.25) is 0 Å². The van der Waals surface area contributed by atoms with E-state index in [1.807, 2.05) is 0 Å². The summed E-state index contributed by atoms with van der Waals surface area (Å²) in [5.74, 6) is -1.76. The predicted molar refractivity (Wildman–Crippen MR) is 67.5 cm³/mol. The van der Waals surface area contributed by atoms with Gasteiger partial charge in [-0.25, -0.2) is 9.18 Å². The van der Waals surface area contributed by atoms with Crippen molar-refractivity contribution in [3.8, 4) is 6.07 Å². The van der Waals surface area contributed by atoms with Crippen LogP contribution in [-0.4, -0.2) is 34.6 Å². The van der Waals surface area contributed by atoms with Gasteiger partial charge in [-0.1, -0.05) is 0 Å². The van der Waals surface area contributed by atoms with E-state index < -0.39 is 17.8 Å². The highest BCUT2D eigenvalue weighted by atomic mass is 19.1. The molecule has 1 fully saturated rings. The Labute approximate surface area is 114 Å². The minimum atomic E-state index is -1.09. The molecule has 0 atom stereocenters. The van der Waals surface area contributed by atoms with Gasteiger partial charge in [-0.3, -0.25) is 4.79 Å². The summed E-state index contributed by atoms with van der Waals surface area (Å²) in [6.07, 6.45) is 1.54. The van der Waals surface area contributed by atoms with E-state index >= 15 is 0 Å². The number of aliphatic carboxylic acids is 1. The van der Waals surface area contributed by atoms with Crippen molar-refractivity contribution in [3.05, 3.63) is 29.6 Å². The number of benzene rings is 1. The lowest BCUT2D eigenvalue weighted by atomic mass is 10.2. The lowest BCUT2D eigenvalue weighted by molar-refractivity contribution is -0.137. The van der Waals surface area contributed by atoms with Crippen LogP contribution in [0, 0.1) is 17.1 Å². The van der Waals surface area contributed by atoms with Gasteiger partial charge >= 0.3 is 12.0 Å². The van der Waals surface area contributed by atoms with Gasteiger partial charge in [-0.05, 0) is 31.0 Å². The lowest BCUT2D eigenvalue weighted by Crippen LogP contribution is -2.40. The van der Waals surface area contributed by atoms with Gasteiger partial charge in [0.25, 0.3) is 0 Å². The number of nitrogens with zero attached hydrogens (tertiary/aromatic N) is 2. The molecule has 1 saturated carbocycles. The summed E-state index contributed by atoms with van der Waals surface area (Å²) in [4.78, 5) is 23.9. The van der Waals surface area contributed by atoms with Crippen LogP contribution in [-0.2, 0) is 4.79 Å². The molecule has 1 aromatic carbocycles. The SMILES string of the molecule is N#Cc1cc(NC(=O)N(CC(=O)O)C2CC2)ccc1F. The van der Waals surface area contributed by atoms with Crippen molar-refractivity contribution in [1.29, 1.82) is 5.26 Å². The third-order valence-corrected chi connectivity index (χ3v) is 2.89. The highest BCUT2D eigenvalue weighted by molar-refractivity contribution is 5.92. The zero-order valence-electron chi connectivity index (χ0n) is 10.5. The van der Waals surface area contributed by atoms with E-state index in [1.165, 1.54) is 17.0 Å². The van der Waals surface area contributed by atoms with E-state index in [0.717, 1.165) is 18.9 Å². The Balaban J connectivity index is 2.10. The van der Waals surface area contributed by atoms with Crippen LogP contribution in [0.15, 0.2) is 18.2 Å². The molecule has 2 N–H and O–H groups in total. The number of carboxylic acids is 1. The molecule has 1 aliphatic rings. The Morgan fingerprint density at radius 3 is 2.75 bits per heavy atom. The fourth-order valence-electron chi connectivity index (χ4n) is 1.78. The first kappa shape index (κ1) is 13.8. The van der Waals surface area contributed by atoms with E-state index in [4.69, 9.17) is 10.4 Å². The van der Waals surface area contributed by atoms with Crippen molar-refractivity contribution >= 4 is 17.7 Å². The largest absolute Gasteiger partial charge is 0.480 e. The molecule has 104 valence electrons. The molecule has 2 amide bonds. The summed E-state index contributed by atoms with van der Waals surface area (Å²) >= 11 is 0. The quantitative estimate of drug-likeness (QED) is 0.877. The van der Waals surface area contributed by atoms with E-state index in [-0.39, 0.29) is 23.8 Å². The minimum absolute atomic E-state index is 0.0676. The van der Waals surface area contributed by atoms with E-state index in [1.54, 1.807) is 6.07 Å². The molecule has 0 bridgehead atoms. The fraction of sp³-hybridized carbons (Fsp3) is 0.308. The molecule has 0 heterocycles. The van der Waals surface area contributed by atoms with Crippen molar-refractivity contribution < 1.29 is 19.1 Å². The molecule has 6 nitrogen and oxygen atoms in total. The number of amides is 2. The molecule has 2 rings (SSSR count). The average Bonchev–Trinajstić information content (AvgIpc) is 3.22. The van der Waals surface area contributed by atoms with Crippen molar-refractivity contribution in [3.63, 3.8) is 0 Å². The summed E-state index contributed by atoms with van der Waals surface area (Å²) in [6.45, 7) is -0.386. The average molecular weight is 277 g/mol. The number of anilines is 1. The fourth-order valence-corrected chi connectivity index (χ4v) is 1.78. The third-order valence-electron chi connectivity index (χ3n) is 2.89. The van der Waals surface area contributed by atoms with Crippen LogP contribution in [0.5, 0.6) is 0 Å². The first-order valence-corrected chi connectivity index (χ1v) is 6.00. The molecule has 0 unspecified atom stereocenters. The number of halogens is 1. The Morgan fingerprint density at radius 2 is 2.20 bits per heavy atom. The molecule has 0 aromatic heterocycles. The second kappa shape index (κ2) is 5.57. The molecule has 0 aliphatic heterocycles. The van der Waals surface area contributed by atoms with Crippen molar-refractivity contribution in [2.24, 2.45) is 0 Å². The van der Waals surface area contributed by atoms with E-state index in [0.29, 0.717) is 0 Å².